The number of amides is 1. The van der Waals surface area contributed by atoms with Crippen molar-refractivity contribution in [1.29, 1.82) is 0 Å². The molecule has 3 aromatic rings. The summed E-state index contributed by atoms with van der Waals surface area (Å²) in [7, 11) is 2.05. The molecule has 5 rings (SSSR count). The minimum absolute atomic E-state index is 0.199. The van der Waals surface area contributed by atoms with E-state index in [-0.39, 0.29) is 17.2 Å². The zero-order chi connectivity index (χ0) is 23.0. The number of piperidine rings is 1. The van der Waals surface area contributed by atoms with Gasteiger partial charge in [0.1, 0.15) is 17.3 Å². The molecule has 0 radical (unpaired) electrons. The van der Waals surface area contributed by atoms with Crippen LogP contribution in [0.4, 0.5) is 0 Å². The van der Waals surface area contributed by atoms with Gasteiger partial charge in [0.2, 0.25) is 5.91 Å². The Morgan fingerprint density at radius 1 is 1.24 bits per heavy atom. The lowest BCUT2D eigenvalue weighted by Gasteiger charge is -2.33. The van der Waals surface area contributed by atoms with Crippen LogP contribution in [0.15, 0.2) is 40.8 Å². The quantitative estimate of drug-likeness (QED) is 0.554. The Bertz CT molecular complexity index is 1120. The number of aryl methyl sites for hydroxylation is 2. The van der Waals surface area contributed by atoms with Gasteiger partial charge in [0.25, 0.3) is 0 Å². The highest BCUT2D eigenvalue weighted by Gasteiger charge is 2.58. The average molecular weight is 449 g/mol. The number of hydrogen-bond donors (Lipinski definition) is 1. The molecule has 1 spiro atoms. The van der Waals surface area contributed by atoms with E-state index in [9.17, 15) is 4.79 Å². The molecule has 1 amide bonds. The Balaban J connectivity index is 1.04. The van der Waals surface area contributed by atoms with E-state index in [2.05, 4.69) is 33.8 Å². The van der Waals surface area contributed by atoms with E-state index in [1.165, 1.54) is 0 Å². The van der Waals surface area contributed by atoms with Gasteiger partial charge in [0.05, 0.1) is 11.0 Å². The first kappa shape index (κ1) is 22.2. The number of rotatable bonds is 8. The van der Waals surface area contributed by atoms with Crippen molar-refractivity contribution >= 4 is 16.9 Å². The average Bonchev–Trinajstić information content (AvgIpc) is 3.17. The van der Waals surface area contributed by atoms with Crippen molar-refractivity contribution in [3.63, 3.8) is 0 Å². The number of fused-ring (bicyclic) bond motifs is 1. The molecule has 6 nitrogen and oxygen atoms in total. The van der Waals surface area contributed by atoms with Crippen LogP contribution in [0.1, 0.15) is 55.9 Å². The molecule has 2 fully saturated rings. The van der Waals surface area contributed by atoms with Crippen LogP contribution in [-0.2, 0) is 18.3 Å². The van der Waals surface area contributed by atoms with E-state index >= 15 is 0 Å². The van der Waals surface area contributed by atoms with E-state index in [1.807, 2.05) is 38.2 Å². The Morgan fingerprint density at radius 2 is 2.03 bits per heavy atom. The molecule has 176 valence electrons. The third-order valence-corrected chi connectivity index (χ3v) is 8.01. The van der Waals surface area contributed by atoms with Gasteiger partial charge in [-0.1, -0.05) is 19.1 Å². The Morgan fingerprint density at radius 3 is 2.76 bits per heavy atom. The summed E-state index contributed by atoms with van der Waals surface area (Å²) in [5, 5.41) is 3.19. The van der Waals surface area contributed by atoms with Gasteiger partial charge in [-0.2, -0.15) is 0 Å². The lowest BCUT2D eigenvalue weighted by Crippen LogP contribution is -2.38. The molecule has 2 atom stereocenters. The van der Waals surface area contributed by atoms with E-state index in [4.69, 9.17) is 9.40 Å². The molecule has 2 aliphatic rings. The molecule has 1 saturated carbocycles. The number of para-hydroxylation sites is 2. The first-order chi connectivity index (χ1) is 15.9. The van der Waals surface area contributed by atoms with Gasteiger partial charge in [0, 0.05) is 31.8 Å². The summed E-state index contributed by atoms with van der Waals surface area (Å²) in [4.78, 5) is 20.1. The third kappa shape index (κ3) is 4.58. The van der Waals surface area contributed by atoms with E-state index < -0.39 is 0 Å². The molecule has 3 heterocycles. The van der Waals surface area contributed by atoms with Crippen molar-refractivity contribution in [3.8, 4) is 0 Å². The van der Waals surface area contributed by atoms with Crippen molar-refractivity contribution in [1.82, 2.24) is 19.8 Å². The van der Waals surface area contributed by atoms with E-state index in [0.717, 1.165) is 80.1 Å². The number of hydrogen-bond acceptors (Lipinski definition) is 4. The largest absolute Gasteiger partial charge is 0.466 e. The summed E-state index contributed by atoms with van der Waals surface area (Å²) in [6, 6.07) is 12.3. The number of imidazole rings is 1. The fraction of sp³-hybridized carbons (Fsp3) is 0.556. The van der Waals surface area contributed by atoms with Crippen LogP contribution in [0.3, 0.4) is 0 Å². The molecule has 2 aromatic heterocycles. The van der Waals surface area contributed by atoms with Gasteiger partial charge in [-0.25, -0.2) is 4.98 Å². The summed E-state index contributed by atoms with van der Waals surface area (Å²) in [5.74, 6) is 4.00. The minimum atomic E-state index is 0.199. The highest BCUT2D eigenvalue weighted by molar-refractivity contribution is 5.82. The van der Waals surface area contributed by atoms with Gasteiger partial charge in [-0.3, -0.25) is 4.79 Å². The summed E-state index contributed by atoms with van der Waals surface area (Å²) in [6.45, 7) is 8.22. The van der Waals surface area contributed by atoms with Crippen LogP contribution in [0.2, 0.25) is 0 Å². The molecular weight excluding hydrogens is 412 g/mol. The lowest BCUT2D eigenvalue weighted by atomic mass is 9.90. The second-order valence-corrected chi connectivity index (χ2v) is 10.2. The predicted molar refractivity (Wildman–Crippen MR) is 130 cm³/mol. The Kier molecular flexibility index (Phi) is 6.04. The number of likely N-dealkylation sites (tertiary alicyclic amines) is 1. The standard InChI is InChI=1S/C27H36N4O2/c1-19(24-9-8-20(2)33-24)11-15-31-16-12-27(13-17-31)18-21(27)26(32)28-14-10-25-29-22-6-4-5-7-23(22)30(25)3/h4-9,19,21H,10-18H2,1-3H3,(H,28,32)/t19-,21-/m0/s1. The Hall–Kier alpha value is -2.60. The molecule has 1 N–H and O–H groups in total. The maximum Gasteiger partial charge on any atom is 0.223 e. The number of carbonyl (C=O) groups excluding carboxylic acids is 1. The first-order valence-electron chi connectivity index (χ1n) is 12.4. The molecule has 1 aliphatic heterocycles. The zero-order valence-corrected chi connectivity index (χ0v) is 20.1. The second-order valence-electron chi connectivity index (χ2n) is 10.2. The molecular formula is C27H36N4O2. The topological polar surface area (TPSA) is 63.3 Å². The molecule has 33 heavy (non-hydrogen) atoms. The molecule has 0 bridgehead atoms. The van der Waals surface area contributed by atoms with Crippen LogP contribution in [0.25, 0.3) is 11.0 Å². The predicted octanol–water partition coefficient (Wildman–Crippen LogP) is 4.43. The van der Waals surface area contributed by atoms with Crippen LogP contribution in [0.5, 0.6) is 0 Å². The van der Waals surface area contributed by atoms with Gasteiger partial charge in [-0.05, 0) is 81.9 Å². The fourth-order valence-corrected chi connectivity index (χ4v) is 5.57. The molecule has 1 aliphatic carbocycles. The van der Waals surface area contributed by atoms with Crippen LogP contribution >= 0.6 is 0 Å². The SMILES string of the molecule is Cc1ccc([C@@H](C)CCN2CCC3(CC2)C[C@H]3C(=O)NCCc2nc3ccccc3n2C)o1. The van der Waals surface area contributed by atoms with Crippen molar-refractivity contribution < 1.29 is 9.21 Å². The van der Waals surface area contributed by atoms with E-state index in [1.54, 1.807) is 0 Å². The number of nitrogens with one attached hydrogen (secondary N) is 1. The summed E-state index contributed by atoms with van der Waals surface area (Å²) in [6.07, 6.45) is 5.22. The summed E-state index contributed by atoms with van der Waals surface area (Å²) < 4.78 is 7.91. The van der Waals surface area contributed by atoms with Gasteiger partial charge < -0.3 is 19.2 Å². The minimum Gasteiger partial charge on any atom is -0.466 e. The van der Waals surface area contributed by atoms with Crippen molar-refractivity contribution in [3.05, 3.63) is 53.7 Å². The number of benzene rings is 1. The lowest BCUT2D eigenvalue weighted by molar-refractivity contribution is -0.123. The molecule has 1 saturated heterocycles. The van der Waals surface area contributed by atoms with Crippen molar-refractivity contribution in [2.45, 2.75) is 51.9 Å². The zero-order valence-electron chi connectivity index (χ0n) is 20.1. The maximum atomic E-state index is 12.8. The number of aromatic nitrogens is 2. The monoisotopic (exact) mass is 448 g/mol. The van der Waals surface area contributed by atoms with Crippen molar-refractivity contribution in [2.24, 2.45) is 18.4 Å². The second kappa shape index (κ2) is 8.98. The smallest absolute Gasteiger partial charge is 0.223 e. The maximum absolute atomic E-state index is 12.8. The van der Waals surface area contributed by atoms with E-state index in [0.29, 0.717) is 12.5 Å². The number of carbonyl (C=O) groups is 1. The van der Waals surface area contributed by atoms with Crippen LogP contribution in [0, 0.1) is 18.3 Å². The van der Waals surface area contributed by atoms with Crippen molar-refractivity contribution in [2.75, 3.05) is 26.2 Å². The molecule has 6 heteroatoms. The molecule has 0 unspecified atom stereocenters. The normalized spacial score (nSPS) is 20.9. The Labute approximate surface area is 196 Å². The number of nitrogens with zero attached hydrogens (tertiary/aromatic N) is 3. The summed E-state index contributed by atoms with van der Waals surface area (Å²) in [5.41, 5.74) is 2.41. The van der Waals surface area contributed by atoms with Gasteiger partial charge in [-0.15, -0.1) is 0 Å². The van der Waals surface area contributed by atoms with Crippen LogP contribution in [-0.4, -0.2) is 46.5 Å². The van der Waals surface area contributed by atoms with Crippen LogP contribution < -0.4 is 5.32 Å². The molecule has 1 aromatic carbocycles. The fourth-order valence-electron chi connectivity index (χ4n) is 5.57. The first-order valence-corrected chi connectivity index (χ1v) is 12.4. The highest BCUT2D eigenvalue weighted by Crippen LogP contribution is 2.59. The van der Waals surface area contributed by atoms with Gasteiger partial charge in [0.15, 0.2) is 0 Å². The number of furan rings is 1. The third-order valence-electron chi connectivity index (χ3n) is 8.01. The highest BCUT2D eigenvalue weighted by atomic mass is 16.3. The van der Waals surface area contributed by atoms with Gasteiger partial charge >= 0.3 is 0 Å². The summed E-state index contributed by atoms with van der Waals surface area (Å²) >= 11 is 0.